The van der Waals surface area contributed by atoms with E-state index in [1.807, 2.05) is 55.5 Å². The van der Waals surface area contributed by atoms with Crippen LogP contribution in [0.2, 0.25) is 0 Å². The molecule has 0 amide bonds. The number of anilines is 1. The Morgan fingerprint density at radius 1 is 1.10 bits per heavy atom. The minimum atomic E-state index is -0.0161. The van der Waals surface area contributed by atoms with Gasteiger partial charge >= 0.3 is 0 Å². The van der Waals surface area contributed by atoms with Gasteiger partial charge in [-0.25, -0.2) is 4.98 Å². The van der Waals surface area contributed by atoms with Crippen molar-refractivity contribution in [3.63, 3.8) is 0 Å². The van der Waals surface area contributed by atoms with E-state index < -0.39 is 0 Å². The summed E-state index contributed by atoms with van der Waals surface area (Å²) in [6.07, 6.45) is 1.76. The number of phenols is 1. The second kappa shape index (κ2) is 5.74. The maximum atomic E-state index is 10.5. The zero-order valence-electron chi connectivity index (χ0n) is 11.5. The Morgan fingerprint density at radius 3 is 2.67 bits per heavy atom. The maximum absolute atomic E-state index is 10.5. The topological polar surface area (TPSA) is 45.2 Å². The van der Waals surface area contributed by atoms with Gasteiger partial charge in [0.25, 0.3) is 0 Å². The summed E-state index contributed by atoms with van der Waals surface area (Å²) < 4.78 is 0.800. The molecule has 0 bridgehead atoms. The van der Waals surface area contributed by atoms with E-state index >= 15 is 0 Å². The Hall–Kier alpha value is -2.07. The van der Waals surface area contributed by atoms with Crippen LogP contribution in [0.4, 0.5) is 5.69 Å². The highest BCUT2D eigenvalue weighted by Gasteiger charge is 2.12. The van der Waals surface area contributed by atoms with E-state index in [4.69, 9.17) is 0 Å². The van der Waals surface area contributed by atoms with Crippen LogP contribution in [0.25, 0.3) is 10.8 Å². The maximum Gasteiger partial charge on any atom is 0.128 e. The molecular formula is C17H15BrN2O. The van der Waals surface area contributed by atoms with Crippen molar-refractivity contribution in [2.75, 3.05) is 5.32 Å². The van der Waals surface area contributed by atoms with Crippen molar-refractivity contribution in [2.24, 2.45) is 0 Å². The van der Waals surface area contributed by atoms with Crippen molar-refractivity contribution >= 4 is 32.4 Å². The lowest BCUT2D eigenvalue weighted by atomic mass is 10.0. The van der Waals surface area contributed by atoms with Crippen LogP contribution >= 0.6 is 15.9 Å². The summed E-state index contributed by atoms with van der Waals surface area (Å²) in [5.41, 5.74) is 1.79. The molecule has 0 radical (unpaired) electrons. The lowest BCUT2D eigenvalue weighted by Gasteiger charge is -2.18. The molecule has 106 valence electrons. The number of halogens is 1. The van der Waals surface area contributed by atoms with Gasteiger partial charge in [0, 0.05) is 10.9 Å². The van der Waals surface area contributed by atoms with Gasteiger partial charge in [-0.15, -0.1) is 0 Å². The van der Waals surface area contributed by atoms with E-state index in [-0.39, 0.29) is 6.04 Å². The number of fused-ring (bicyclic) bond motifs is 1. The SMILES string of the molecule is CC(Nc1ccc(Br)nc1)c1ccc2ccccc2c1O. The highest BCUT2D eigenvalue weighted by atomic mass is 79.9. The van der Waals surface area contributed by atoms with Crippen LogP contribution in [0.1, 0.15) is 18.5 Å². The van der Waals surface area contributed by atoms with E-state index in [0.29, 0.717) is 5.75 Å². The minimum Gasteiger partial charge on any atom is -0.507 e. The normalized spacial score (nSPS) is 12.3. The minimum absolute atomic E-state index is 0.0161. The Morgan fingerprint density at radius 2 is 1.90 bits per heavy atom. The highest BCUT2D eigenvalue weighted by molar-refractivity contribution is 9.10. The van der Waals surface area contributed by atoms with Crippen LogP contribution in [-0.2, 0) is 0 Å². The third-order valence-electron chi connectivity index (χ3n) is 3.51. The first-order valence-corrected chi connectivity index (χ1v) is 7.53. The Kier molecular flexibility index (Phi) is 3.80. The van der Waals surface area contributed by atoms with Gasteiger partial charge in [-0.3, -0.25) is 0 Å². The van der Waals surface area contributed by atoms with Crippen molar-refractivity contribution in [1.29, 1.82) is 0 Å². The number of pyridine rings is 1. The Balaban J connectivity index is 1.92. The standard InChI is InChI=1S/C17H15BrN2O/c1-11(20-13-7-9-16(18)19-10-13)14-8-6-12-4-2-3-5-15(12)17(14)21/h2-11,20-21H,1H3. The molecule has 0 aliphatic carbocycles. The summed E-state index contributed by atoms with van der Waals surface area (Å²) in [6, 6.07) is 15.6. The molecule has 2 aromatic carbocycles. The van der Waals surface area contributed by atoms with Crippen LogP contribution in [0.15, 0.2) is 59.3 Å². The van der Waals surface area contributed by atoms with Gasteiger partial charge in [-0.05, 0) is 40.4 Å². The van der Waals surface area contributed by atoms with Crippen molar-refractivity contribution in [3.8, 4) is 5.75 Å². The smallest absolute Gasteiger partial charge is 0.128 e. The van der Waals surface area contributed by atoms with Gasteiger partial charge in [-0.2, -0.15) is 0 Å². The third-order valence-corrected chi connectivity index (χ3v) is 3.98. The molecule has 0 aliphatic rings. The summed E-state index contributed by atoms with van der Waals surface area (Å²) in [4.78, 5) is 4.19. The first-order valence-electron chi connectivity index (χ1n) is 6.74. The van der Waals surface area contributed by atoms with Gasteiger partial charge in [0.05, 0.1) is 17.9 Å². The zero-order chi connectivity index (χ0) is 14.8. The number of aromatic hydroxyl groups is 1. The average Bonchev–Trinajstić information content (AvgIpc) is 2.50. The molecule has 0 fully saturated rings. The molecule has 3 rings (SSSR count). The number of hydrogen-bond acceptors (Lipinski definition) is 3. The van der Waals surface area contributed by atoms with E-state index in [1.54, 1.807) is 6.20 Å². The van der Waals surface area contributed by atoms with E-state index in [2.05, 4.69) is 26.2 Å². The number of phenolic OH excluding ortho intramolecular Hbond substituents is 1. The summed E-state index contributed by atoms with van der Waals surface area (Å²) >= 11 is 3.32. The molecule has 4 heteroatoms. The molecule has 3 aromatic rings. The molecule has 3 nitrogen and oxygen atoms in total. The highest BCUT2D eigenvalue weighted by Crippen LogP contribution is 2.33. The predicted molar refractivity (Wildman–Crippen MR) is 89.6 cm³/mol. The lowest BCUT2D eigenvalue weighted by molar-refractivity contribution is 0.472. The van der Waals surface area contributed by atoms with E-state index in [1.165, 1.54) is 0 Å². The van der Waals surface area contributed by atoms with Crippen LogP contribution < -0.4 is 5.32 Å². The van der Waals surface area contributed by atoms with Gasteiger partial charge in [0.2, 0.25) is 0 Å². The molecule has 21 heavy (non-hydrogen) atoms. The quantitative estimate of drug-likeness (QED) is 0.667. The first kappa shape index (κ1) is 13.9. The lowest BCUT2D eigenvalue weighted by Crippen LogP contribution is -2.07. The van der Waals surface area contributed by atoms with Crippen LogP contribution in [0, 0.1) is 0 Å². The number of rotatable bonds is 3. The van der Waals surface area contributed by atoms with Crippen LogP contribution in [0.5, 0.6) is 5.75 Å². The third kappa shape index (κ3) is 2.85. The molecular weight excluding hydrogens is 328 g/mol. The van der Waals surface area contributed by atoms with Gasteiger partial charge in [0.1, 0.15) is 10.4 Å². The van der Waals surface area contributed by atoms with Crippen molar-refractivity contribution in [2.45, 2.75) is 13.0 Å². The predicted octanol–water partition coefficient (Wildman–Crippen LogP) is 4.88. The molecule has 1 heterocycles. The molecule has 0 aliphatic heterocycles. The van der Waals surface area contributed by atoms with Crippen molar-refractivity contribution in [3.05, 3.63) is 64.9 Å². The molecule has 1 aromatic heterocycles. The molecule has 1 unspecified atom stereocenters. The molecule has 0 saturated carbocycles. The van der Waals surface area contributed by atoms with Gasteiger partial charge < -0.3 is 10.4 Å². The summed E-state index contributed by atoms with van der Waals surface area (Å²) in [5.74, 6) is 0.332. The van der Waals surface area contributed by atoms with Gasteiger partial charge in [0.15, 0.2) is 0 Å². The summed E-state index contributed by atoms with van der Waals surface area (Å²) in [6.45, 7) is 2.02. The molecule has 2 N–H and O–H groups in total. The van der Waals surface area contributed by atoms with E-state index in [9.17, 15) is 5.11 Å². The van der Waals surface area contributed by atoms with E-state index in [0.717, 1.165) is 26.6 Å². The molecule has 0 spiro atoms. The Labute approximate surface area is 131 Å². The largest absolute Gasteiger partial charge is 0.507 e. The monoisotopic (exact) mass is 342 g/mol. The van der Waals surface area contributed by atoms with Gasteiger partial charge in [-0.1, -0.05) is 36.4 Å². The number of benzene rings is 2. The van der Waals surface area contributed by atoms with Crippen LogP contribution in [0.3, 0.4) is 0 Å². The fourth-order valence-corrected chi connectivity index (χ4v) is 2.64. The fraction of sp³-hybridized carbons (Fsp3) is 0.118. The van der Waals surface area contributed by atoms with Crippen LogP contribution in [-0.4, -0.2) is 10.1 Å². The number of nitrogens with one attached hydrogen (secondary N) is 1. The second-order valence-corrected chi connectivity index (χ2v) is 5.77. The summed E-state index contributed by atoms with van der Waals surface area (Å²) in [7, 11) is 0. The first-order chi connectivity index (χ1) is 10.1. The Bertz CT molecular complexity index is 771. The second-order valence-electron chi connectivity index (χ2n) is 4.96. The number of hydrogen-bond donors (Lipinski definition) is 2. The number of nitrogens with zero attached hydrogens (tertiary/aromatic N) is 1. The zero-order valence-corrected chi connectivity index (χ0v) is 13.1. The van der Waals surface area contributed by atoms with Crippen molar-refractivity contribution < 1.29 is 5.11 Å². The fourth-order valence-electron chi connectivity index (χ4n) is 2.41. The average molecular weight is 343 g/mol. The van der Waals surface area contributed by atoms with Crippen molar-refractivity contribution in [1.82, 2.24) is 4.98 Å². The number of aromatic nitrogens is 1. The molecule has 0 saturated heterocycles. The summed E-state index contributed by atoms with van der Waals surface area (Å²) in [5, 5.41) is 15.7. The molecule has 1 atom stereocenters.